The van der Waals surface area contributed by atoms with Crippen LogP contribution in [0.1, 0.15) is 41.6 Å². The minimum absolute atomic E-state index is 0.117. The third kappa shape index (κ3) is 4.49. The SMILES string of the molecule is O=C(c1ccc(-c2ccc(Nc3nc4cc(C(F)(F)F)ccc4o3)cc2)cc1)C1CCCC1. The second kappa shape index (κ2) is 8.39. The lowest BCUT2D eigenvalue weighted by molar-refractivity contribution is -0.137. The van der Waals surface area contributed by atoms with Crippen LogP contribution < -0.4 is 5.32 Å². The van der Waals surface area contributed by atoms with E-state index in [4.69, 9.17) is 4.42 Å². The molecule has 1 N–H and O–H groups in total. The van der Waals surface area contributed by atoms with Crippen LogP contribution in [-0.2, 0) is 6.18 Å². The number of nitrogens with one attached hydrogen (secondary N) is 1. The summed E-state index contributed by atoms with van der Waals surface area (Å²) in [5.74, 6) is 0.396. The zero-order valence-electron chi connectivity index (χ0n) is 17.7. The number of benzene rings is 3. The van der Waals surface area contributed by atoms with E-state index in [0.717, 1.165) is 54.5 Å². The summed E-state index contributed by atoms with van der Waals surface area (Å²) >= 11 is 0. The Morgan fingerprint density at radius 2 is 1.55 bits per heavy atom. The number of halogens is 3. The number of ketones is 1. The van der Waals surface area contributed by atoms with Crippen molar-refractivity contribution in [3.8, 4) is 11.1 Å². The van der Waals surface area contributed by atoms with E-state index >= 15 is 0 Å². The van der Waals surface area contributed by atoms with Gasteiger partial charge in [-0.15, -0.1) is 0 Å². The molecule has 0 unspecified atom stereocenters. The first-order chi connectivity index (χ1) is 15.9. The molecule has 1 aliphatic rings. The van der Waals surface area contributed by atoms with Gasteiger partial charge in [-0.05, 0) is 54.3 Å². The van der Waals surface area contributed by atoms with Crippen LogP contribution >= 0.6 is 0 Å². The minimum atomic E-state index is -4.43. The van der Waals surface area contributed by atoms with E-state index in [-0.39, 0.29) is 28.8 Å². The Bertz CT molecular complexity index is 1290. The number of hydrogen-bond donors (Lipinski definition) is 1. The summed E-state index contributed by atoms with van der Waals surface area (Å²) in [5, 5.41) is 2.98. The van der Waals surface area contributed by atoms with Crippen LogP contribution in [0.25, 0.3) is 22.2 Å². The molecular weight excluding hydrogens is 429 g/mol. The van der Waals surface area contributed by atoms with Crippen molar-refractivity contribution < 1.29 is 22.4 Å². The number of rotatable bonds is 5. The Morgan fingerprint density at radius 3 is 2.18 bits per heavy atom. The van der Waals surface area contributed by atoms with Crippen molar-refractivity contribution in [3.63, 3.8) is 0 Å². The molecule has 0 radical (unpaired) electrons. The van der Waals surface area contributed by atoms with Crippen molar-refractivity contribution in [1.29, 1.82) is 0 Å². The van der Waals surface area contributed by atoms with E-state index in [1.807, 2.05) is 48.5 Å². The number of alkyl halides is 3. The molecule has 5 rings (SSSR count). The smallest absolute Gasteiger partial charge is 0.416 e. The van der Waals surface area contributed by atoms with Gasteiger partial charge in [-0.2, -0.15) is 18.2 Å². The molecular formula is C26H21F3N2O2. The normalized spacial score (nSPS) is 14.6. The first-order valence-corrected chi connectivity index (χ1v) is 10.9. The molecule has 3 aromatic carbocycles. The fourth-order valence-electron chi connectivity index (χ4n) is 4.28. The lowest BCUT2D eigenvalue weighted by Crippen LogP contribution is -2.10. The number of anilines is 2. The highest BCUT2D eigenvalue weighted by Crippen LogP contribution is 2.33. The number of Topliss-reactive ketones (excluding diaryl/α,β-unsaturated/α-hetero) is 1. The number of nitrogens with zero attached hydrogens (tertiary/aromatic N) is 1. The average Bonchev–Trinajstić information content (AvgIpc) is 3.48. The topological polar surface area (TPSA) is 55.1 Å². The highest BCUT2D eigenvalue weighted by molar-refractivity contribution is 5.98. The lowest BCUT2D eigenvalue weighted by Gasteiger charge is -2.09. The van der Waals surface area contributed by atoms with E-state index < -0.39 is 11.7 Å². The average molecular weight is 450 g/mol. The predicted molar refractivity (Wildman–Crippen MR) is 120 cm³/mol. The molecule has 7 heteroatoms. The van der Waals surface area contributed by atoms with E-state index in [0.29, 0.717) is 5.69 Å². The molecule has 1 aliphatic carbocycles. The molecule has 0 saturated heterocycles. The molecule has 33 heavy (non-hydrogen) atoms. The molecule has 0 amide bonds. The van der Waals surface area contributed by atoms with Crippen LogP contribution in [0.2, 0.25) is 0 Å². The van der Waals surface area contributed by atoms with E-state index in [9.17, 15) is 18.0 Å². The van der Waals surface area contributed by atoms with Gasteiger partial charge in [0.25, 0.3) is 6.01 Å². The summed E-state index contributed by atoms with van der Waals surface area (Å²) in [6.45, 7) is 0. The quantitative estimate of drug-likeness (QED) is 0.318. The third-order valence-electron chi connectivity index (χ3n) is 6.08. The number of oxazole rings is 1. The zero-order chi connectivity index (χ0) is 23.0. The van der Waals surface area contributed by atoms with Gasteiger partial charge in [0.05, 0.1) is 5.56 Å². The molecule has 168 valence electrons. The maximum absolute atomic E-state index is 12.9. The van der Waals surface area contributed by atoms with Crippen LogP contribution in [0.4, 0.5) is 24.9 Å². The van der Waals surface area contributed by atoms with E-state index in [1.54, 1.807) is 0 Å². The molecule has 0 atom stereocenters. The largest absolute Gasteiger partial charge is 0.423 e. The van der Waals surface area contributed by atoms with Gasteiger partial charge >= 0.3 is 6.18 Å². The zero-order valence-corrected chi connectivity index (χ0v) is 17.7. The number of fused-ring (bicyclic) bond motifs is 1. The molecule has 1 heterocycles. The van der Waals surface area contributed by atoms with Crippen LogP contribution in [0, 0.1) is 5.92 Å². The number of carbonyl (C=O) groups is 1. The Balaban J connectivity index is 1.29. The number of carbonyl (C=O) groups excluding carboxylic acids is 1. The van der Waals surface area contributed by atoms with Crippen LogP contribution in [0.5, 0.6) is 0 Å². The number of hydrogen-bond acceptors (Lipinski definition) is 4. The fraction of sp³-hybridized carbons (Fsp3) is 0.231. The van der Waals surface area contributed by atoms with Crippen molar-refractivity contribution in [2.45, 2.75) is 31.9 Å². The highest BCUT2D eigenvalue weighted by atomic mass is 19.4. The third-order valence-corrected chi connectivity index (χ3v) is 6.08. The maximum atomic E-state index is 12.9. The summed E-state index contributed by atoms with van der Waals surface area (Å²) in [6, 6.07) is 18.5. The van der Waals surface area contributed by atoms with E-state index in [1.165, 1.54) is 6.07 Å². The minimum Gasteiger partial charge on any atom is -0.423 e. The summed E-state index contributed by atoms with van der Waals surface area (Å²) in [4.78, 5) is 16.7. The standard InChI is InChI=1S/C26H21F3N2O2/c27-26(28,29)20-11-14-23-22(15-20)31-25(33-23)30-21-12-9-17(10-13-21)16-5-7-19(8-6-16)24(32)18-3-1-2-4-18/h5-15,18H,1-4H2,(H,30,31). The van der Waals surface area contributed by atoms with Crippen molar-refractivity contribution >= 4 is 28.6 Å². The van der Waals surface area contributed by atoms with Crippen LogP contribution in [0.15, 0.2) is 71.1 Å². The van der Waals surface area contributed by atoms with Gasteiger partial charge in [0.2, 0.25) is 0 Å². The maximum Gasteiger partial charge on any atom is 0.416 e. The second-order valence-electron chi connectivity index (χ2n) is 8.32. The first-order valence-electron chi connectivity index (χ1n) is 10.9. The summed E-state index contributed by atoms with van der Waals surface area (Å²) in [6.07, 6.45) is -0.199. The number of aromatic nitrogens is 1. The van der Waals surface area contributed by atoms with Crippen molar-refractivity contribution in [2.75, 3.05) is 5.32 Å². The van der Waals surface area contributed by atoms with Gasteiger partial charge in [-0.1, -0.05) is 49.2 Å². The van der Waals surface area contributed by atoms with Gasteiger partial charge in [0.15, 0.2) is 11.4 Å². The highest BCUT2D eigenvalue weighted by Gasteiger charge is 2.31. The Hall–Kier alpha value is -3.61. The van der Waals surface area contributed by atoms with Crippen molar-refractivity contribution in [1.82, 2.24) is 4.98 Å². The molecule has 0 spiro atoms. The fourth-order valence-corrected chi connectivity index (χ4v) is 4.28. The summed E-state index contributed by atoms with van der Waals surface area (Å²) in [5.41, 5.74) is 3.06. The summed E-state index contributed by atoms with van der Waals surface area (Å²) < 4.78 is 44.2. The van der Waals surface area contributed by atoms with Gasteiger partial charge in [-0.3, -0.25) is 4.79 Å². The Morgan fingerprint density at radius 1 is 0.909 bits per heavy atom. The molecule has 1 saturated carbocycles. The Labute approximate surface area is 188 Å². The molecule has 0 bridgehead atoms. The monoisotopic (exact) mass is 450 g/mol. The molecule has 1 fully saturated rings. The molecule has 0 aliphatic heterocycles. The Kier molecular flexibility index (Phi) is 5.40. The van der Waals surface area contributed by atoms with Crippen LogP contribution in [-0.4, -0.2) is 10.8 Å². The molecule has 1 aromatic heterocycles. The van der Waals surface area contributed by atoms with Gasteiger partial charge in [0, 0.05) is 17.2 Å². The first kappa shape index (κ1) is 21.2. The van der Waals surface area contributed by atoms with Crippen molar-refractivity contribution in [3.05, 3.63) is 77.9 Å². The van der Waals surface area contributed by atoms with Crippen molar-refractivity contribution in [2.24, 2.45) is 5.92 Å². The van der Waals surface area contributed by atoms with E-state index in [2.05, 4.69) is 10.3 Å². The van der Waals surface area contributed by atoms with Crippen LogP contribution in [0.3, 0.4) is 0 Å². The summed E-state index contributed by atoms with van der Waals surface area (Å²) in [7, 11) is 0. The molecule has 4 aromatic rings. The lowest BCUT2D eigenvalue weighted by atomic mass is 9.94. The predicted octanol–water partition coefficient (Wildman–Crippen LogP) is 7.63. The van der Waals surface area contributed by atoms with Gasteiger partial charge < -0.3 is 9.73 Å². The molecule has 4 nitrogen and oxygen atoms in total. The second-order valence-corrected chi connectivity index (χ2v) is 8.32. The van der Waals surface area contributed by atoms with Gasteiger partial charge in [0.1, 0.15) is 5.52 Å². The van der Waals surface area contributed by atoms with Gasteiger partial charge in [-0.25, -0.2) is 0 Å².